The van der Waals surface area contributed by atoms with Gasteiger partial charge in [0.1, 0.15) is 0 Å². The van der Waals surface area contributed by atoms with E-state index in [4.69, 9.17) is 0 Å². The van der Waals surface area contributed by atoms with Gasteiger partial charge in [-0.25, -0.2) is 4.98 Å². The van der Waals surface area contributed by atoms with Gasteiger partial charge in [0.05, 0.1) is 5.75 Å². The third kappa shape index (κ3) is 5.88. The number of carbonyl (C=O) groups excluding carboxylic acids is 1. The molecule has 0 radical (unpaired) electrons. The number of amides is 1. The molecule has 1 amide bonds. The van der Waals surface area contributed by atoms with Crippen molar-refractivity contribution in [1.29, 1.82) is 0 Å². The first-order valence-electron chi connectivity index (χ1n) is 7.65. The Labute approximate surface area is 159 Å². The van der Waals surface area contributed by atoms with E-state index in [1.807, 2.05) is 54.9 Å². The minimum absolute atomic E-state index is 0.00448. The number of nitrogens with one attached hydrogen (secondary N) is 1. The van der Waals surface area contributed by atoms with Crippen LogP contribution < -0.4 is 5.32 Å². The van der Waals surface area contributed by atoms with Crippen LogP contribution in [0.25, 0.3) is 0 Å². The van der Waals surface area contributed by atoms with Crippen molar-refractivity contribution in [2.24, 2.45) is 0 Å². The Morgan fingerprint density at radius 3 is 2.76 bits per heavy atom. The Morgan fingerprint density at radius 2 is 2.08 bits per heavy atom. The molecule has 0 bridgehead atoms. The van der Waals surface area contributed by atoms with Crippen molar-refractivity contribution in [1.82, 2.24) is 9.97 Å². The summed E-state index contributed by atoms with van der Waals surface area (Å²) in [6.07, 6.45) is 3.57. The van der Waals surface area contributed by atoms with Gasteiger partial charge >= 0.3 is 0 Å². The molecule has 1 aromatic carbocycles. The molecule has 3 rings (SSSR count). The fourth-order valence-corrected chi connectivity index (χ4v) is 4.60. The quantitative estimate of drug-likeness (QED) is 0.627. The molecule has 1 N–H and O–H groups in total. The number of pyridine rings is 1. The number of anilines is 1. The summed E-state index contributed by atoms with van der Waals surface area (Å²) in [5.41, 5.74) is 2.98. The summed E-state index contributed by atoms with van der Waals surface area (Å²) < 4.78 is 1.03. The molecule has 0 aliphatic rings. The number of rotatable bonds is 7. The van der Waals surface area contributed by atoms with E-state index in [2.05, 4.69) is 15.3 Å². The number of aryl methyl sites for hydroxylation is 1. The van der Waals surface area contributed by atoms with Crippen molar-refractivity contribution < 1.29 is 4.79 Å². The van der Waals surface area contributed by atoms with E-state index in [0.29, 0.717) is 5.75 Å². The lowest BCUT2D eigenvalue weighted by atomic mass is 10.3. The van der Waals surface area contributed by atoms with Crippen LogP contribution in [0.4, 0.5) is 5.69 Å². The molecule has 0 saturated heterocycles. The van der Waals surface area contributed by atoms with Crippen molar-refractivity contribution in [2.75, 3.05) is 11.1 Å². The molecule has 0 unspecified atom stereocenters. The van der Waals surface area contributed by atoms with Crippen LogP contribution >= 0.6 is 34.9 Å². The summed E-state index contributed by atoms with van der Waals surface area (Å²) in [6, 6.07) is 11.8. The first-order chi connectivity index (χ1) is 12.2. The average Bonchev–Trinajstić information content (AvgIpc) is 3.02. The molecule has 0 aliphatic heterocycles. The first kappa shape index (κ1) is 18.0. The average molecular weight is 388 g/mol. The number of benzene rings is 1. The van der Waals surface area contributed by atoms with Crippen molar-refractivity contribution in [2.45, 2.75) is 21.9 Å². The van der Waals surface area contributed by atoms with E-state index in [9.17, 15) is 4.79 Å². The number of thiazole rings is 1. The molecule has 128 valence electrons. The van der Waals surface area contributed by atoms with E-state index < -0.39 is 0 Å². The Kier molecular flexibility index (Phi) is 6.49. The monoisotopic (exact) mass is 387 g/mol. The molecule has 4 nitrogen and oxygen atoms in total. The molecule has 0 spiro atoms. The second kappa shape index (κ2) is 9.03. The lowest BCUT2D eigenvalue weighted by Gasteiger charge is -2.06. The van der Waals surface area contributed by atoms with Crippen LogP contribution in [0.1, 0.15) is 11.3 Å². The Bertz CT molecular complexity index is 819. The van der Waals surface area contributed by atoms with Gasteiger partial charge in [0.2, 0.25) is 5.91 Å². The fraction of sp³-hybridized carbons (Fsp3) is 0.167. The first-order valence-corrected chi connectivity index (χ1v) is 10.5. The summed E-state index contributed by atoms with van der Waals surface area (Å²) in [6.45, 7) is 1.99. The zero-order valence-electron chi connectivity index (χ0n) is 13.6. The van der Waals surface area contributed by atoms with Gasteiger partial charge < -0.3 is 5.32 Å². The Morgan fingerprint density at radius 1 is 1.24 bits per heavy atom. The summed E-state index contributed by atoms with van der Waals surface area (Å²) in [7, 11) is 0. The van der Waals surface area contributed by atoms with Crippen LogP contribution in [0.3, 0.4) is 0 Å². The van der Waals surface area contributed by atoms with Crippen molar-refractivity contribution in [3.8, 4) is 0 Å². The molecule has 3 aromatic rings. The van der Waals surface area contributed by atoms with E-state index in [1.165, 1.54) is 0 Å². The molecular weight excluding hydrogens is 370 g/mol. The van der Waals surface area contributed by atoms with Crippen molar-refractivity contribution in [3.63, 3.8) is 0 Å². The Balaban J connectivity index is 1.45. The zero-order chi connectivity index (χ0) is 17.5. The number of nitrogens with zero attached hydrogens (tertiary/aromatic N) is 2. The molecule has 7 heteroatoms. The molecule has 0 aliphatic carbocycles. The van der Waals surface area contributed by atoms with Gasteiger partial charge in [0, 0.05) is 39.8 Å². The fourth-order valence-electron chi connectivity index (χ4n) is 2.03. The van der Waals surface area contributed by atoms with Gasteiger partial charge in [-0.1, -0.05) is 17.8 Å². The second-order valence-corrected chi connectivity index (χ2v) is 8.45. The largest absolute Gasteiger partial charge is 0.325 e. The smallest absolute Gasteiger partial charge is 0.234 e. The van der Waals surface area contributed by atoms with E-state index in [0.717, 1.165) is 31.9 Å². The Hall–Kier alpha value is -1.83. The maximum atomic E-state index is 12.0. The van der Waals surface area contributed by atoms with Crippen LogP contribution in [0.2, 0.25) is 0 Å². The predicted octanol–water partition coefficient (Wildman–Crippen LogP) is 4.87. The van der Waals surface area contributed by atoms with Gasteiger partial charge in [-0.3, -0.25) is 9.78 Å². The number of carbonyl (C=O) groups is 1. The topological polar surface area (TPSA) is 54.9 Å². The summed E-state index contributed by atoms with van der Waals surface area (Å²) in [5.74, 6) is 1.21. The highest BCUT2D eigenvalue weighted by Crippen LogP contribution is 2.30. The van der Waals surface area contributed by atoms with Crippen LogP contribution in [0, 0.1) is 6.92 Å². The third-order valence-corrected chi connectivity index (χ3v) is 6.23. The molecule has 2 heterocycles. The van der Waals surface area contributed by atoms with Crippen LogP contribution in [0.5, 0.6) is 0 Å². The molecule has 0 saturated carbocycles. The highest BCUT2D eigenvalue weighted by Gasteiger charge is 2.05. The molecule has 25 heavy (non-hydrogen) atoms. The normalized spacial score (nSPS) is 10.6. The maximum Gasteiger partial charge on any atom is 0.234 e. The number of aromatic nitrogens is 2. The lowest BCUT2D eigenvalue weighted by molar-refractivity contribution is -0.113. The van der Waals surface area contributed by atoms with Crippen molar-refractivity contribution in [3.05, 3.63) is 65.4 Å². The molecular formula is C18H17N3OS3. The third-order valence-electron chi connectivity index (χ3n) is 3.17. The number of hydrogen-bond donors (Lipinski definition) is 1. The highest BCUT2D eigenvalue weighted by atomic mass is 32.2. The molecule has 0 fully saturated rings. The van der Waals surface area contributed by atoms with Gasteiger partial charge in [-0.05, 0) is 42.8 Å². The van der Waals surface area contributed by atoms with Crippen LogP contribution in [-0.2, 0) is 10.5 Å². The highest BCUT2D eigenvalue weighted by molar-refractivity contribution is 8.01. The minimum atomic E-state index is 0.00448. The van der Waals surface area contributed by atoms with Gasteiger partial charge in [0.15, 0.2) is 4.34 Å². The zero-order valence-corrected chi connectivity index (χ0v) is 16.1. The summed E-state index contributed by atoms with van der Waals surface area (Å²) >= 11 is 4.85. The maximum absolute atomic E-state index is 12.0. The van der Waals surface area contributed by atoms with E-state index in [1.54, 1.807) is 41.1 Å². The summed E-state index contributed by atoms with van der Waals surface area (Å²) in [5, 5.41) is 4.97. The van der Waals surface area contributed by atoms with Gasteiger partial charge in [0.25, 0.3) is 0 Å². The molecule has 2 aromatic heterocycles. The number of thioether (sulfide) groups is 1. The standard InChI is InChI=1S/C18H17N3OS3/c1-13-10-24-18(20-13)25-16-6-4-15(5-7-16)21-17(22)12-23-11-14-3-2-8-19-9-14/h2-10H,11-12H2,1H3,(H,21,22). The van der Waals surface area contributed by atoms with Crippen LogP contribution in [-0.4, -0.2) is 21.6 Å². The van der Waals surface area contributed by atoms with Gasteiger partial charge in [-0.15, -0.1) is 23.1 Å². The second-order valence-electron chi connectivity index (χ2n) is 5.28. The lowest BCUT2D eigenvalue weighted by Crippen LogP contribution is -2.14. The SMILES string of the molecule is Cc1csc(Sc2ccc(NC(=O)CSCc3cccnc3)cc2)n1. The van der Waals surface area contributed by atoms with Crippen molar-refractivity contribution >= 4 is 46.5 Å². The van der Waals surface area contributed by atoms with E-state index >= 15 is 0 Å². The molecule has 0 atom stereocenters. The number of hydrogen-bond acceptors (Lipinski definition) is 6. The predicted molar refractivity (Wildman–Crippen MR) is 106 cm³/mol. The van der Waals surface area contributed by atoms with E-state index in [-0.39, 0.29) is 5.91 Å². The van der Waals surface area contributed by atoms with Crippen LogP contribution in [0.15, 0.2) is 63.4 Å². The van der Waals surface area contributed by atoms with Gasteiger partial charge in [-0.2, -0.15) is 0 Å². The minimum Gasteiger partial charge on any atom is -0.325 e. The summed E-state index contributed by atoms with van der Waals surface area (Å²) in [4.78, 5) is 21.6.